The second-order valence-corrected chi connectivity index (χ2v) is 5.76. The summed E-state index contributed by atoms with van der Waals surface area (Å²) in [7, 11) is 1.63. The van der Waals surface area contributed by atoms with Crippen LogP contribution in [0.2, 0.25) is 0 Å². The van der Waals surface area contributed by atoms with Crippen molar-refractivity contribution in [3.05, 3.63) is 65.9 Å². The van der Waals surface area contributed by atoms with Gasteiger partial charge in [0.2, 0.25) is 5.95 Å². The minimum absolute atomic E-state index is 0.275. The van der Waals surface area contributed by atoms with Gasteiger partial charge < -0.3 is 20.1 Å². The molecule has 1 aromatic heterocycles. The first-order valence-corrected chi connectivity index (χ1v) is 8.79. The predicted octanol–water partition coefficient (Wildman–Crippen LogP) is 3.41. The van der Waals surface area contributed by atoms with Gasteiger partial charge in [0, 0.05) is 6.54 Å². The van der Waals surface area contributed by atoms with Crippen molar-refractivity contribution >= 4 is 23.4 Å². The van der Waals surface area contributed by atoms with Gasteiger partial charge in [0.1, 0.15) is 5.75 Å². The number of nitrogens with one attached hydrogen (secondary N) is 2. The first-order valence-electron chi connectivity index (χ1n) is 8.79. The van der Waals surface area contributed by atoms with Crippen LogP contribution in [-0.2, 0) is 11.3 Å². The zero-order chi connectivity index (χ0) is 19.8. The number of rotatable bonds is 8. The van der Waals surface area contributed by atoms with Crippen LogP contribution in [0.15, 0.2) is 54.7 Å². The topological polar surface area (TPSA) is 98.3 Å². The Bertz CT molecular complexity index is 931. The number of aromatic nitrogens is 3. The Balaban J connectivity index is 1.69. The molecule has 2 N–H and O–H groups in total. The van der Waals surface area contributed by atoms with Gasteiger partial charge in [-0.3, -0.25) is 0 Å². The second kappa shape index (κ2) is 9.31. The summed E-state index contributed by atoms with van der Waals surface area (Å²) in [6.07, 6.45) is 1.53. The molecular weight excluding hydrogens is 358 g/mol. The molecule has 0 atom stereocenters. The maximum atomic E-state index is 12.1. The lowest BCUT2D eigenvalue weighted by Crippen LogP contribution is -2.10. The third-order valence-electron chi connectivity index (χ3n) is 3.86. The summed E-state index contributed by atoms with van der Waals surface area (Å²) in [6, 6.07) is 14.7. The highest BCUT2D eigenvalue weighted by Gasteiger charge is 2.13. The fraction of sp³-hybridized carbons (Fsp3) is 0.200. The van der Waals surface area contributed by atoms with E-state index in [4.69, 9.17) is 9.47 Å². The monoisotopic (exact) mass is 379 g/mol. The van der Waals surface area contributed by atoms with Crippen LogP contribution in [0.4, 0.5) is 17.5 Å². The Labute approximate surface area is 162 Å². The lowest BCUT2D eigenvalue weighted by molar-refractivity contribution is 0.0527. The number of anilines is 3. The largest absolute Gasteiger partial charge is 0.497 e. The summed E-state index contributed by atoms with van der Waals surface area (Å²) >= 11 is 0. The number of carbonyl (C=O) groups is 1. The van der Waals surface area contributed by atoms with Gasteiger partial charge in [-0.2, -0.15) is 10.1 Å². The maximum absolute atomic E-state index is 12.1. The van der Waals surface area contributed by atoms with Crippen molar-refractivity contribution in [3.8, 4) is 5.75 Å². The number of methoxy groups -OCH3 is 1. The van der Waals surface area contributed by atoms with Gasteiger partial charge in [-0.25, -0.2) is 4.79 Å². The Kier molecular flexibility index (Phi) is 6.35. The molecule has 0 saturated heterocycles. The van der Waals surface area contributed by atoms with Crippen molar-refractivity contribution in [2.24, 2.45) is 0 Å². The highest BCUT2D eigenvalue weighted by Crippen LogP contribution is 2.20. The summed E-state index contributed by atoms with van der Waals surface area (Å²) in [5.41, 5.74) is 2.03. The Hall–Kier alpha value is -3.68. The molecule has 2 aromatic carbocycles. The zero-order valence-electron chi connectivity index (χ0n) is 15.7. The van der Waals surface area contributed by atoms with Crippen LogP contribution in [0.5, 0.6) is 5.75 Å². The van der Waals surface area contributed by atoms with Crippen LogP contribution >= 0.6 is 0 Å². The molecule has 0 fully saturated rings. The molecule has 1 heterocycles. The van der Waals surface area contributed by atoms with Crippen molar-refractivity contribution in [2.75, 3.05) is 24.4 Å². The number of esters is 1. The molecule has 3 aromatic rings. The van der Waals surface area contributed by atoms with E-state index < -0.39 is 5.97 Å². The van der Waals surface area contributed by atoms with E-state index in [0.717, 1.165) is 11.3 Å². The van der Waals surface area contributed by atoms with Gasteiger partial charge in [0.15, 0.2) is 5.82 Å². The molecule has 0 radical (unpaired) electrons. The number of nitrogens with zero attached hydrogens (tertiary/aromatic N) is 3. The third kappa shape index (κ3) is 4.94. The fourth-order valence-corrected chi connectivity index (χ4v) is 2.48. The minimum atomic E-state index is -0.410. The Morgan fingerprint density at radius 3 is 2.64 bits per heavy atom. The van der Waals surface area contributed by atoms with E-state index in [2.05, 4.69) is 25.8 Å². The van der Waals surface area contributed by atoms with E-state index in [9.17, 15) is 4.79 Å². The van der Waals surface area contributed by atoms with Crippen molar-refractivity contribution in [3.63, 3.8) is 0 Å². The van der Waals surface area contributed by atoms with E-state index >= 15 is 0 Å². The predicted molar refractivity (Wildman–Crippen MR) is 106 cm³/mol. The van der Waals surface area contributed by atoms with Gasteiger partial charge in [-0.05, 0) is 36.8 Å². The molecule has 0 aliphatic rings. The molecule has 0 saturated carbocycles. The van der Waals surface area contributed by atoms with Gasteiger partial charge >= 0.3 is 5.97 Å². The van der Waals surface area contributed by atoms with E-state index in [1.165, 1.54) is 6.20 Å². The molecule has 0 amide bonds. The van der Waals surface area contributed by atoms with E-state index in [1.807, 2.05) is 30.3 Å². The molecule has 28 heavy (non-hydrogen) atoms. The summed E-state index contributed by atoms with van der Waals surface area (Å²) < 4.78 is 10.2. The van der Waals surface area contributed by atoms with Crippen LogP contribution in [0.25, 0.3) is 0 Å². The number of para-hydroxylation sites is 1. The zero-order valence-corrected chi connectivity index (χ0v) is 15.7. The van der Waals surface area contributed by atoms with Crippen LogP contribution in [0.3, 0.4) is 0 Å². The van der Waals surface area contributed by atoms with E-state index in [1.54, 1.807) is 32.2 Å². The molecule has 0 aliphatic heterocycles. The Morgan fingerprint density at radius 1 is 1.11 bits per heavy atom. The number of hydrogen-bond acceptors (Lipinski definition) is 8. The average molecular weight is 379 g/mol. The average Bonchev–Trinajstić information content (AvgIpc) is 2.73. The molecule has 0 bridgehead atoms. The number of carbonyl (C=O) groups excluding carboxylic acids is 1. The van der Waals surface area contributed by atoms with Gasteiger partial charge in [0.05, 0.1) is 31.2 Å². The summed E-state index contributed by atoms with van der Waals surface area (Å²) in [5.74, 6) is 1.23. The first-order chi connectivity index (χ1) is 13.7. The smallest absolute Gasteiger partial charge is 0.340 e. The van der Waals surface area contributed by atoms with Crippen molar-refractivity contribution in [1.82, 2.24) is 15.2 Å². The van der Waals surface area contributed by atoms with Crippen LogP contribution < -0.4 is 15.4 Å². The normalized spacial score (nSPS) is 10.2. The molecule has 8 nitrogen and oxygen atoms in total. The Morgan fingerprint density at radius 2 is 1.89 bits per heavy atom. The standard InChI is InChI=1S/C20H21N5O3/c1-3-28-19(26)16-6-4-5-7-17(16)23-20-24-18(13-22-25-20)21-12-14-8-10-15(27-2)11-9-14/h4-11,13H,3,12H2,1-2H3,(H2,21,23,24,25). The van der Waals surface area contributed by atoms with Gasteiger partial charge in [0.25, 0.3) is 0 Å². The lowest BCUT2D eigenvalue weighted by Gasteiger charge is -2.11. The summed E-state index contributed by atoms with van der Waals surface area (Å²) in [4.78, 5) is 16.5. The van der Waals surface area contributed by atoms with Crippen LogP contribution in [0, 0.1) is 0 Å². The molecule has 0 unspecified atom stereocenters. The molecular formula is C20H21N5O3. The van der Waals surface area contributed by atoms with Crippen molar-refractivity contribution in [1.29, 1.82) is 0 Å². The summed E-state index contributed by atoms with van der Waals surface area (Å²) in [6.45, 7) is 2.64. The minimum Gasteiger partial charge on any atom is -0.497 e. The van der Waals surface area contributed by atoms with Crippen molar-refractivity contribution in [2.45, 2.75) is 13.5 Å². The second-order valence-electron chi connectivity index (χ2n) is 5.76. The summed E-state index contributed by atoms with van der Waals surface area (Å²) in [5, 5.41) is 14.2. The highest BCUT2D eigenvalue weighted by molar-refractivity contribution is 5.96. The quantitative estimate of drug-likeness (QED) is 0.575. The van der Waals surface area contributed by atoms with Gasteiger partial charge in [-0.1, -0.05) is 24.3 Å². The number of hydrogen-bond donors (Lipinski definition) is 2. The third-order valence-corrected chi connectivity index (χ3v) is 3.86. The molecule has 3 rings (SSSR count). The van der Waals surface area contributed by atoms with Gasteiger partial charge in [-0.15, -0.1) is 5.10 Å². The van der Waals surface area contributed by atoms with Crippen LogP contribution in [0.1, 0.15) is 22.8 Å². The number of ether oxygens (including phenoxy) is 2. The molecule has 144 valence electrons. The number of benzene rings is 2. The first kappa shape index (κ1) is 19.1. The van der Waals surface area contributed by atoms with E-state index in [0.29, 0.717) is 30.2 Å². The molecule has 0 aliphatic carbocycles. The maximum Gasteiger partial charge on any atom is 0.340 e. The SMILES string of the molecule is CCOC(=O)c1ccccc1Nc1nncc(NCc2ccc(OC)cc2)n1. The lowest BCUT2D eigenvalue weighted by atomic mass is 10.2. The molecule has 0 spiro atoms. The fourth-order valence-electron chi connectivity index (χ4n) is 2.48. The molecule has 8 heteroatoms. The van der Waals surface area contributed by atoms with Crippen LogP contribution in [-0.4, -0.2) is 34.9 Å². The van der Waals surface area contributed by atoms with Crippen molar-refractivity contribution < 1.29 is 14.3 Å². The van der Waals surface area contributed by atoms with E-state index in [-0.39, 0.29) is 5.95 Å². The highest BCUT2D eigenvalue weighted by atomic mass is 16.5.